The summed E-state index contributed by atoms with van der Waals surface area (Å²) in [5.74, 6) is -0.430. The van der Waals surface area contributed by atoms with Crippen LogP contribution >= 0.6 is 11.8 Å². The molecule has 1 atom stereocenters. The summed E-state index contributed by atoms with van der Waals surface area (Å²) in [6.07, 6.45) is -5.36. The van der Waals surface area contributed by atoms with Crippen LogP contribution in [0.15, 0.2) is 29.4 Å². The second kappa shape index (κ2) is 4.65. The summed E-state index contributed by atoms with van der Waals surface area (Å²) in [7, 11) is 0. The highest BCUT2D eigenvalue weighted by Gasteiger charge is 2.37. The molecule has 0 saturated carbocycles. The van der Waals surface area contributed by atoms with Crippen LogP contribution in [0.2, 0.25) is 0 Å². The summed E-state index contributed by atoms with van der Waals surface area (Å²) in [6, 6.07) is 4.94. The van der Waals surface area contributed by atoms with Crippen molar-refractivity contribution in [3.63, 3.8) is 0 Å². The van der Waals surface area contributed by atoms with Gasteiger partial charge < -0.3 is 5.11 Å². The smallest absolute Gasteiger partial charge is 0.383 e. The Balaban J connectivity index is 2.42. The molecule has 0 aliphatic rings. The number of hydrogen-bond donors (Lipinski definition) is 1. The van der Waals surface area contributed by atoms with Gasteiger partial charge in [0.25, 0.3) is 0 Å². The summed E-state index contributed by atoms with van der Waals surface area (Å²) in [5.41, 5.74) is 0. The minimum absolute atomic E-state index is 0.430. The quantitative estimate of drug-likeness (QED) is 0.796. The highest BCUT2D eigenvalue weighted by atomic mass is 32.2. The molecule has 1 aromatic heterocycles. The largest absolute Gasteiger partial charge is 0.415 e. The van der Waals surface area contributed by atoms with Crippen LogP contribution in [0.3, 0.4) is 0 Å². The number of aliphatic hydroxyl groups excluding tert-OH is 1. The van der Waals surface area contributed by atoms with Gasteiger partial charge in [0.15, 0.2) is 6.10 Å². The van der Waals surface area contributed by atoms with Gasteiger partial charge in [-0.15, -0.1) is 11.8 Å². The van der Waals surface area contributed by atoms with Gasteiger partial charge in [0.2, 0.25) is 0 Å². The second-order valence-corrected chi connectivity index (χ2v) is 3.58. The van der Waals surface area contributed by atoms with Gasteiger partial charge in [0.05, 0.1) is 5.03 Å². The molecule has 0 aromatic carbocycles. The van der Waals surface area contributed by atoms with Crippen molar-refractivity contribution in [3.8, 4) is 0 Å². The van der Waals surface area contributed by atoms with Crippen molar-refractivity contribution in [1.82, 2.24) is 4.98 Å². The van der Waals surface area contributed by atoms with E-state index in [2.05, 4.69) is 4.98 Å². The standard InChI is InChI=1S/C8H8F3NOS/c9-8(10,11)6(13)5-14-7-3-1-2-4-12-7/h1-4,6,13H,5H2/t6-/m1/s1. The van der Waals surface area contributed by atoms with Crippen molar-refractivity contribution in [3.05, 3.63) is 24.4 Å². The van der Waals surface area contributed by atoms with Gasteiger partial charge >= 0.3 is 6.18 Å². The van der Waals surface area contributed by atoms with Crippen molar-refractivity contribution in [2.75, 3.05) is 5.75 Å². The summed E-state index contributed by atoms with van der Waals surface area (Å²) in [5, 5.41) is 9.14. The van der Waals surface area contributed by atoms with Crippen molar-refractivity contribution in [1.29, 1.82) is 0 Å². The summed E-state index contributed by atoms with van der Waals surface area (Å²) < 4.78 is 35.6. The maximum Gasteiger partial charge on any atom is 0.415 e. The maximum absolute atomic E-state index is 11.9. The predicted molar refractivity (Wildman–Crippen MR) is 47.0 cm³/mol. The number of aromatic nitrogens is 1. The lowest BCUT2D eigenvalue weighted by atomic mass is 10.4. The fourth-order valence-corrected chi connectivity index (χ4v) is 1.52. The molecule has 2 nitrogen and oxygen atoms in total. The molecule has 1 aromatic rings. The molecule has 6 heteroatoms. The first-order valence-corrected chi connectivity index (χ1v) is 4.77. The Hall–Kier alpha value is -0.750. The van der Waals surface area contributed by atoms with E-state index in [1.54, 1.807) is 18.2 Å². The molecule has 1 N–H and O–H groups in total. The first kappa shape index (κ1) is 11.3. The van der Waals surface area contributed by atoms with Crippen LogP contribution in [0.5, 0.6) is 0 Å². The van der Waals surface area contributed by atoms with E-state index in [4.69, 9.17) is 5.11 Å². The van der Waals surface area contributed by atoms with E-state index in [0.29, 0.717) is 5.03 Å². The fraction of sp³-hybridized carbons (Fsp3) is 0.375. The molecule has 0 spiro atoms. The Bertz CT molecular complexity index is 278. The summed E-state index contributed by atoms with van der Waals surface area (Å²) in [6.45, 7) is 0. The average Bonchev–Trinajstić information content (AvgIpc) is 2.14. The Morgan fingerprint density at radius 2 is 2.14 bits per heavy atom. The first-order chi connectivity index (χ1) is 6.50. The van der Waals surface area contributed by atoms with Crippen LogP contribution in [0.25, 0.3) is 0 Å². The van der Waals surface area contributed by atoms with Crippen LogP contribution < -0.4 is 0 Å². The van der Waals surface area contributed by atoms with Crippen LogP contribution in [-0.2, 0) is 0 Å². The number of nitrogens with zero attached hydrogens (tertiary/aromatic N) is 1. The van der Waals surface area contributed by atoms with Crippen molar-refractivity contribution >= 4 is 11.8 Å². The van der Waals surface area contributed by atoms with Gasteiger partial charge in [-0.1, -0.05) is 6.07 Å². The molecule has 1 heterocycles. The predicted octanol–water partition coefficient (Wildman–Crippen LogP) is 2.10. The topological polar surface area (TPSA) is 33.1 Å². The third kappa shape index (κ3) is 3.55. The zero-order chi connectivity index (χ0) is 10.6. The van der Waals surface area contributed by atoms with E-state index in [-0.39, 0.29) is 0 Å². The van der Waals surface area contributed by atoms with E-state index in [0.717, 1.165) is 11.8 Å². The van der Waals surface area contributed by atoms with Crippen LogP contribution in [0.1, 0.15) is 0 Å². The number of pyridine rings is 1. The molecule has 0 fully saturated rings. The van der Waals surface area contributed by atoms with Gasteiger partial charge in [-0.25, -0.2) is 4.98 Å². The Kier molecular flexibility index (Phi) is 3.77. The zero-order valence-electron chi connectivity index (χ0n) is 7.03. The molecule has 0 aliphatic carbocycles. The third-order valence-electron chi connectivity index (χ3n) is 1.40. The molecule has 0 saturated heterocycles. The summed E-state index contributed by atoms with van der Waals surface area (Å²) in [4.78, 5) is 3.82. The number of alkyl halides is 3. The van der Waals surface area contributed by atoms with Gasteiger partial charge in [-0.05, 0) is 12.1 Å². The first-order valence-electron chi connectivity index (χ1n) is 3.79. The molecular weight excluding hydrogens is 215 g/mol. The zero-order valence-corrected chi connectivity index (χ0v) is 7.85. The Labute approximate surface area is 83.2 Å². The Morgan fingerprint density at radius 1 is 1.43 bits per heavy atom. The highest BCUT2D eigenvalue weighted by molar-refractivity contribution is 7.99. The lowest BCUT2D eigenvalue weighted by molar-refractivity contribution is -0.195. The normalized spacial score (nSPS) is 14.0. The monoisotopic (exact) mass is 223 g/mol. The molecule has 0 aliphatic heterocycles. The number of aliphatic hydroxyl groups is 1. The van der Waals surface area contributed by atoms with Crippen LogP contribution in [-0.4, -0.2) is 28.1 Å². The molecule has 0 radical (unpaired) electrons. The molecule has 0 unspecified atom stereocenters. The van der Waals surface area contributed by atoms with Crippen molar-refractivity contribution in [2.24, 2.45) is 0 Å². The van der Waals surface area contributed by atoms with E-state index in [1.807, 2.05) is 0 Å². The van der Waals surface area contributed by atoms with E-state index in [9.17, 15) is 13.2 Å². The summed E-state index contributed by atoms with van der Waals surface area (Å²) >= 11 is 0.874. The van der Waals surface area contributed by atoms with Gasteiger partial charge in [0.1, 0.15) is 0 Å². The second-order valence-electron chi connectivity index (χ2n) is 2.54. The van der Waals surface area contributed by atoms with Gasteiger partial charge in [0, 0.05) is 11.9 Å². The van der Waals surface area contributed by atoms with E-state index in [1.165, 1.54) is 6.20 Å². The van der Waals surface area contributed by atoms with E-state index < -0.39 is 18.0 Å². The Morgan fingerprint density at radius 3 is 2.64 bits per heavy atom. The van der Waals surface area contributed by atoms with Gasteiger partial charge in [-0.2, -0.15) is 13.2 Å². The van der Waals surface area contributed by atoms with E-state index >= 15 is 0 Å². The minimum atomic E-state index is -4.55. The average molecular weight is 223 g/mol. The highest BCUT2D eigenvalue weighted by Crippen LogP contribution is 2.25. The number of rotatable bonds is 3. The SMILES string of the molecule is O[C@H](CSc1ccccn1)C(F)(F)F. The molecule has 14 heavy (non-hydrogen) atoms. The fourth-order valence-electron chi connectivity index (χ4n) is 0.691. The van der Waals surface area contributed by atoms with Gasteiger partial charge in [-0.3, -0.25) is 0 Å². The molecule has 78 valence electrons. The minimum Gasteiger partial charge on any atom is -0.383 e. The molecule has 1 rings (SSSR count). The van der Waals surface area contributed by atoms with Crippen LogP contribution in [0, 0.1) is 0 Å². The van der Waals surface area contributed by atoms with Crippen LogP contribution in [0.4, 0.5) is 13.2 Å². The molecule has 0 amide bonds. The van der Waals surface area contributed by atoms with Crippen molar-refractivity contribution < 1.29 is 18.3 Å². The molecular formula is C8H8F3NOS. The lowest BCUT2D eigenvalue weighted by Crippen LogP contribution is -2.30. The number of halogens is 3. The lowest BCUT2D eigenvalue weighted by Gasteiger charge is -2.13. The van der Waals surface area contributed by atoms with Crippen molar-refractivity contribution in [2.45, 2.75) is 17.3 Å². The third-order valence-corrected chi connectivity index (χ3v) is 2.42. The number of hydrogen-bond acceptors (Lipinski definition) is 3. The number of thioether (sulfide) groups is 1. The molecule has 0 bridgehead atoms. The maximum atomic E-state index is 11.9.